The molecule has 0 saturated carbocycles. The fourth-order valence-electron chi connectivity index (χ4n) is 1.97. The second kappa shape index (κ2) is 3.40. The number of ether oxygens (including phenoxy) is 3. The van der Waals surface area contributed by atoms with Gasteiger partial charge in [-0.1, -0.05) is 12.1 Å². The van der Waals surface area contributed by atoms with E-state index in [0.717, 1.165) is 0 Å². The predicted octanol–water partition coefficient (Wildman–Crippen LogP) is 2.22. The highest BCUT2D eigenvalue weighted by Crippen LogP contribution is 2.45. The van der Waals surface area contributed by atoms with Crippen LogP contribution in [0.4, 0.5) is 8.78 Å². The zero-order valence-electron chi connectivity index (χ0n) is 8.41. The average Bonchev–Trinajstić information content (AvgIpc) is 2.87. The molecule has 5 heteroatoms. The average molecular weight is 228 g/mol. The van der Waals surface area contributed by atoms with E-state index in [1.807, 2.05) is 0 Å². The van der Waals surface area contributed by atoms with E-state index < -0.39 is 18.8 Å². The van der Waals surface area contributed by atoms with Gasteiger partial charge in [0, 0.05) is 0 Å². The highest BCUT2D eigenvalue weighted by atomic mass is 19.3. The molecule has 0 spiro atoms. The van der Waals surface area contributed by atoms with Crippen LogP contribution in [0.5, 0.6) is 5.75 Å². The molecule has 0 aliphatic carbocycles. The Balaban J connectivity index is 2.05. The van der Waals surface area contributed by atoms with Crippen LogP contribution in [0.25, 0.3) is 0 Å². The van der Waals surface area contributed by atoms with E-state index in [9.17, 15) is 8.78 Å². The normalized spacial score (nSPS) is 23.1. The summed E-state index contributed by atoms with van der Waals surface area (Å²) in [5.74, 6) is -2.70. The van der Waals surface area contributed by atoms with Gasteiger partial charge in [0.15, 0.2) is 12.9 Å². The molecule has 0 amide bonds. The number of hydrogen-bond acceptors (Lipinski definition) is 3. The molecule has 0 unspecified atom stereocenters. The number of halogens is 2. The molecule has 0 atom stereocenters. The molecule has 0 bridgehead atoms. The number of fused-ring (bicyclic) bond motifs is 1. The van der Waals surface area contributed by atoms with Crippen molar-refractivity contribution in [2.75, 3.05) is 19.8 Å². The lowest BCUT2D eigenvalue weighted by Gasteiger charge is -2.13. The largest absolute Gasteiger partial charge is 0.486 e. The molecule has 2 aliphatic rings. The number of para-hydroxylation sites is 1. The molecule has 0 radical (unpaired) electrons. The first-order chi connectivity index (χ1) is 7.68. The van der Waals surface area contributed by atoms with Crippen LogP contribution in [-0.2, 0) is 15.4 Å². The van der Waals surface area contributed by atoms with Crippen molar-refractivity contribution >= 4 is 0 Å². The van der Waals surface area contributed by atoms with Gasteiger partial charge >= 0.3 is 5.92 Å². The van der Waals surface area contributed by atoms with Gasteiger partial charge in [-0.2, -0.15) is 8.78 Å². The van der Waals surface area contributed by atoms with Crippen molar-refractivity contribution in [2.45, 2.75) is 12.2 Å². The van der Waals surface area contributed by atoms with Crippen LogP contribution in [0.15, 0.2) is 18.2 Å². The Hall–Kier alpha value is -1.20. The van der Waals surface area contributed by atoms with Crippen LogP contribution >= 0.6 is 0 Å². The Morgan fingerprint density at radius 1 is 1.19 bits per heavy atom. The van der Waals surface area contributed by atoms with Crippen LogP contribution < -0.4 is 4.74 Å². The second-order valence-corrected chi connectivity index (χ2v) is 3.79. The van der Waals surface area contributed by atoms with Gasteiger partial charge in [-0.05, 0) is 6.07 Å². The van der Waals surface area contributed by atoms with E-state index in [-0.39, 0.29) is 11.3 Å². The third-order valence-electron chi connectivity index (χ3n) is 2.71. The monoisotopic (exact) mass is 228 g/mol. The lowest BCUT2D eigenvalue weighted by Crippen LogP contribution is -2.14. The number of benzene rings is 1. The Bertz CT molecular complexity index is 414. The van der Waals surface area contributed by atoms with Gasteiger partial charge in [0.2, 0.25) is 0 Å². The van der Waals surface area contributed by atoms with Crippen LogP contribution in [0.2, 0.25) is 0 Å². The maximum Gasteiger partial charge on any atom is 0.310 e. The fraction of sp³-hybridized carbons (Fsp3) is 0.455. The molecule has 1 fully saturated rings. The first-order valence-electron chi connectivity index (χ1n) is 5.06. The molecule has 2 heterocycles. The summed E-state index contributed by atoms with van der Waals surface area (Å²) in [6.45, 7) is 0.349. The highest BCUT2D eigenvalue weighted by Gasteiger charge is 2.43. The van der Waals surface area contributed by atoms with Gasteiger partial charge in [0.05, 0.1) is 24.3 Å². The van der Waals surface area contributed by atoms with Gasteiger partial charge in [-0.25, -0.2) is 0 Å². The van der Waals surface area contributed by atoms with Crippen LogP contribution in [0, 0.1) is 0 Å². The Morgan fingerprint density at radius 2 is 1.94 bits per heavy atom. The topological polar surface area (TPSA) is 27.7 Å². The predicted molar refractivity (Wildman–Crippen MR) is 50.5 cm³/mol. The minimum atomic E-state index is -2.91. The number of hydrogen-bond donors (Lipinski definition) is 0. The number of alkyl halides is 2. The Morgan fingerprint density at radius 3 is 2.69 bits per heavy atom. The Kier molecular flexibility index (Phi) is 2.12. The number of rotatable bonds is 1. The van der Waals surface area contributed by atoms with Crippen molar-refractivity contribution in [3.63, 3.8) is 0 Å². The lowest BCUT2D eigenvalue weighted by molar-refractivity contribution is -0.0463. The van der Waals surface area contributed by atoms with Crippen molar-refractivity contribution < 1.29 is 23.0 Å². The van der Waals surface area contributed by atoms with Crippen molar-refractivity contribution in [2.24, 2.45) is 0 Å². The van der Waals surface area contributed by atoms with E-state index in [1.165, 1.54) is 6.07 Å². The summed E-state index contributed by atoms with van der Waals surface area (Å²) in [4.78, 5) is 0. The van der Waals surface area contributed by atoms with E-state index in [0.29, 0.717) is 18.8 Å². The molecule has 1 saturated heterocycles. The maximum atomic E-state index is 13.4. The van der Waals surface area contributed by atoms with Crippen molar-refractivity contribution in [3.8, 4) is 5.75 Å². The van der Waals surface area contributed by atoms with Crippen LogP contribution in [0.3, 0.4) is 0 Å². The third kappa shape index (κ3) is 1.39. The van der Waals surface area contributed by atoms with Gasteiger partial charge in [-0.15, -0.1) is 0 Å². The van der Waals surface area contributed by atoms with Gasteiger partial charge < -0.3 is 14.2 Å². The summed E-state index contributed by atoms with van der Waals surface area (Å²) >= 11 is 0. The summed E-state index contributed by atoms with van der Waals surface area (Å²) in [6, 6.07) is 4.64. The minimum Gasteiger partial charge on any atom is -0.486 e. The van der Waals surface area contributed by atoms with Gasteiger partial charge in [0.25, 0.3) is 0 Å². The zero-order valence-corrected chi connectivity index (χ0v) is 8.41. The summed E-state index contributed by atoms with van der Waals surface area (Å²) in [6.07, 6.45) is -0.580. The Labute approximate surface area is 90.9 Å². The molecule has 3 rings (SSSR count). The van der Waals surface area contributed by atoms with Crippen molar-refractivity contribution in [3.05, 3.63) is 29.3 Å². The highest BCUT2D eigenvalue weighted by molar-refractivity contribution is 5.47. The van der Waals surface area contributed by atoms with E-state index in [2.05, 4.69) is 0 Å². The van der Waals surface area contributed by atoms with Gasteiger partial charge in [0.1, 0.15) is 5.75 Å². The summed E-state index contributed by atoms with van der Waals surface area (Å²) < 4.78 is 42.4. The van der Waals surface area contributed by atoms with Crippen molar-refractivity contribution in [1.29, 1.82) is 0 Å². The molecule has 0 N–H and O–H groups in total. The van der Waals surface area contributed by atoms with Gasteiger partial charge in [-0.3, -0.25) is 0 Å². The second-order valence-electron chi connectivity index (χ2n) is 3.79. The molecule has 0 aromatic heterocycles. The smallest absolute Gasteiger partial charge is 0.310 e. The lowest BCUT2D eigenvalue weighted by atomic mass is 10.1. The fourth-order valence-corrected chi connectivity index (χ4v) is 1.97. The van der Waals surface area contributed by atoms with Crippen LogP contribution in [0.1, 0.15) is 17.4 Å². The minimum absolute atomic E-state index is 0.0795. The maximum absolute atomic E-state index is 13.4. The summed E-state index contributed by atoms with van der Waals surface area (Å²) in [5, 5.41) is 0. The first kappa shape index (κ1) is 9.99. The van der Waals surface area contributed by atoms with E-state index in [1.54, 1.807) is 12.1 Å². The molecular weight excluding hydrogens is 218 g/mol. The summed E-state index contributed by atoms with van der Waals surface area (Å²) in [5.41, 5.74) is 0.469. The van der Waals surface area contributed by atoms with E-state index in [4.69, 9.17) is 14.2 Å². The SMILES string of the molecule is FC1(F)COc2c(C3OCCO3)cccc21. The van der Waals surface area contributed by atoms with Crippen LogP contribution in [-0.4, -0.2) is 19.8 Å². The molecule has 2 aliphatic heterocycles. The first-order valence-corrected chi connectivity index (χ1v) is 5.06. The molecular formula is C11H10F2O3. The summed E-state index contributed by atoms with van der Waals surface area (Å²) in [7, 11) is 0. The zero-order chi connectivity index (χ0) is 11.2. The molecule has 86 valence electrons. The quantitative estimate of drug-likeness (QED) is 0.737. The molecule has 1 aromatic rings. The molecule has 3 nitrogen and oxygen atoms in total. The molecule has 16 heavy (non-hydrogen) atoms. The molecule has 1 aromatic carbocycles. The van der Waals surface area contributed by atoms with Crippen molar-refractivity contribution in [1.82, 2.24) is 0 Å². The third-order valence-corrected chi connectivity index (χ3v) is 2.71. The van der Waals surface area contributed by atoms with E-state index >= 15 is 0 Å². The standard InChI is InChI=1S/C11H10F2O3/c12-11(13)6-16-9-7(2-1-3-8(9)11)10-14-4-5-15-10/h1-3,10H,4-6H2.